The predicted octanol–water partition coefficient (Wildman–Crippen LogP) is 0.260. The first-order chi connectivity index (χ1) is 10.1. The molecule has 1 aromatic rings. The number of carbonyl (C=O) groups excluding carboxylic acids is 1. The molecule has 3 N–H and O–H groups in total. The number of alkyl halides is 1. The Morgan fingerprint density at radius 1 is 1.48 bits per heavy atom. The summed E-state index contributed by atoms with van der Waals surface area (Å²) in [5.74, 6) is 0.159. The molecule has 0 saturated carbocycles. The molecule has 7 heteroatoms. The van der Waals surface area contributed by atoms with Crippen LogP contribution >= 0.6 is 0 Å². The predicted molar refractivity (Wildman–Crippen MR) is 77.1 cm³/mol. The highest BCUT2D eigenvalue weighted by atomic mass is 19.1. The van der Waals surface area contributed by atoms with Gasteiger partial charge in [0.2, 0.25) is 0 Å². The zero-order valence-electron chi connectivity index (χ0n) is 12.3. The summed E-state index contributed by atoms with van der Waals surface area (Å²) in [6.45, 7) is 4.87. The molecule has 0 radical (unpaired) electrons. The van der Waals surface area contributed by atoms with Gasteiger partial charge < -0.3 is 15.5 Å². The van der Waals surface area contributed by atoms with Crippen LogP contribution in [0.4, 0.5) is 4.39 Å². The van der Waals surface area contributed by atoms with Gasteiger partial charge in [0.1, 0.15) is 5.67 Å². The monoisotopic (exact) mass is 295 g/mol. The van der Waals surface area contributed by atoms with Gasteiger partial charge in [0.15, 0.2) is 0 Å². The van der Waals surface area contributed by atoms with Crippen LogP contribution in [0, 0.1) is 0 Å². The average Bonchev–Trinajstić information content (AvgIpc) is 3.07. The first-order valence-electron chi connectivity index (χ1n) is 7.50. The van der Waals surface area contributed by atoms with E-state index in [0.717, 1.165) is 25.2 Å². The SMILES string of the molecule is CC1(F)CNCCN(C(=O)c2cn[nH]c2C2CCNC2)C1. The van der Waals surface area contributed by atoms with Crippen molar-refractivity contribution in [1.82, 2.24) is 25.7 Å². The summed E-state index contributed by atoms with van der Waals surface area (Å²) in [5, 5.41) is 13.3. The maximum atomic E-state index is 14.3. The first-order valence-corrected chi connectivity index (χ1v) is 7.50. The van der Waals surface area contributed by atoms with Gasteiger partial charge in [-0.2, -0.15) is 5.10 Å². The average molecular weight is 295 g/mol. The molecule has 21 heavy (non-hydrogen) atoms. The minimum absolute atomic E-state index is 0.117. The first kappa shape index (κ1) is 14.5. The molecule has 0 aliphatic carbocycles. The molecule has 3 rings (SSSR count). The maximum absolute atomic E-state index is 14.3. The number of nitrogens with zero attached hydrogens (tertiary/aromatic N) is 2. The molecule has 2 fully saturated rings. The third kappa shape index (κ3) is 3.08. The van der Waals surface area contributed by atoms with Crippen LogP contribution in [0.2, 0.25) is 0 Å². The third-order valence-electron chi connectivity index (χ3n) is 4.23. The number of rotatable bonds is 2. The van der Waals surface area contributed by atoms with Crippen LogP contribution in [-0.2, 0) is 0 Å². The van der Waals surface area contributed by atoms with Gasteiger partial charge in [-0.15, -0.1) is 0 Å². The lowest BCUT2D eigenvalue weighted by Gasteiger charge is -2.26. The van der Waals surface area contributed by atoms with Crippen molar-refractivity contribution in [2.45, 2.75) is 24.9 Å². The largest absolute Gasteiger partial charge is 0.334 e. The van der Waals surface area contributed by atoms with E-state index in [1.54, 1.807) is 11.1 Å². The Morgan fingerprint density at radius 3 is 3.10 bits per heavy atom. The summed E-state index contributed by atoms with van der Waals surface area (Å²) >= 11 is 0. The quantitative estimate of drug-likeness (QED) is 0.732. The van der Waals surface area contributed by atoms with E-state index in [1.807, 2.05) is 0 Å². The van der Waals surface area contributed by atoms with Crippen LogP contribution in [0.1, 0.15) is 35.3 Å². The molecule has 0 aromatic carbocycles. The van der Waals surface area contributed by atoms with Crippen molar-refractivity contribution in [1.29, 1.82) is 0 Å². The number of hydrogen-bond donors (Lipinski definition) is 3. The van der Waals surface area contributed by atoms with Crippen molar-refractivity contribution in [2.75, 3.05) is 39.3 Å². The lowest BCUT2D eigenvalue weighted by Crippen LogP contribution is -2.42. The molecule has 2 atom stereocenters. The van der Waals surface area contributed by atoms with Gasteiger partial charge in [0, 0.05) is 32.1 Å². The summed E-state index contributed by atoms with van der Waals surface area (Å²) in [5.41, 5.74) is 0.0643. The molecule has 1 aromatic heterocycles. The standard InChI is InChI=1S/C14H22FN5O/c1-14(15)8-17-4-5-20(9-14)13(21)11-7-18-19-12(11)10-2-3-16-6-10/h7,10,16-17H,2-6,8-9H2,1H3,(H,18,19). The summed E-state index contributed by atoms with van der Waals surface area (Å²) in [7, 11) is 0. The van der Waals surface area contributed by atoms with Gasteiger partial charge in [0.25, 0.3) is 5.91 Å². The highest BCUT2D eigenvalue weighted by molar-refractivity contribution is 5.95. The highest BCUT2D eigenvalue weighted by Gasteiger charge is 2.33. The number of aromatic amines is 1. The molecular weight excluding hydrogens is 273 g/mol. The number of aromatic nitrogens is 2. The second kappa shape index (κ2) is 5.73. The minimum Gasteiger partial charge on any atom is -0.334 e. The van der Waals surface area contributed by atoms with E-state index in [-0.39, 0.29) is 24.9 Å². The molecule has 2 unspecified atom stereocenters. The highest BCUT2D eigenvalue weighted by Crippen LogP contribution is 2.25. The summed E-state index contributed by atoms with van der Waals surface area (Å²) in [6, 6.07) is 0. The number of halogens is 1. The van der Waals surface area contributed by atoms with Gasteiger partial charge >= 0.3 is 0 Å². The number of nitrogens with one attached hydrogen (secondary N) is 3. The Bertz CT molecular complexity index is 509. The van der Waals surface area contributed by atoms with Crippen LogP contribution in [0.3, 0.4) is 0 Å². The van der Waals surface area contributed by atoms with Crippen LogP contribution in [0.25, 0.3) is 0 Å². The number of amides is 1. The van der Waals surface area contributed by atoms with E-state index < -0.39 is 5.67 Å². The van der Waals surface area contributed by atoms with Crippen molar-refractivity contribution >= 4 is 5.91 Å². The Kier molecular flexibility index (Phi) is 3.95. The van der Waals surface area contributed by atoms with E-state index in [1.165, 1.54) is 6.92 Å². The van der Waals surface area contributed by atoms with Crippen LogP contribution < -0.4 is 10.6 Å². The topological polar surface area (TPSA) is 73.0 Å². The lowest BCUT2D eigenvalue weighted by molar-refractivity contribution is 0.0654. The van der Waals surface area contributed by atoms with Gasteiger partial charge in [0.05, 0.1) is 24.0 Å². The summed E-state index contributed by atoms with van der Waals surface area (Å²) in [4.78, 5) is 14.3. The Morgan fingerprint density at radius 2 is 2.33 bits per heavy atom. The van der Waals surface area contributed by atoms with Crippen LogP contribution in [0.5, 0.6) is 0 Å². The lowest BCUT2D eigenvalue weighted by atomic mass is 10.00. The third-order valence-corrected chi connectivity index (χ3v) is 4.23. The fraction of sp³-hybridized carbons (Fsp3) is 0.714. The van der Waals surface area contributed by atoms with Crippen molar-refractivity contribution < 1.29 is 9.18 Å². The Labute approximate surface area is 123 Å². The number of carbonyl (C=O) groups is 1. The number of H-pyrrole nitrogens is 1. The zero-order valence-corrected chi connectivity index (χ0v) is 12.3. The molecule has 2 aliphatic rings. The van der Waals surface area contributed by atoms with Crippen LogP contribution in [-0.4, -0.2) is 65.9 Å². The molecule has 2 saturated heterocycles. The van der Waals surface area contributed by atoms with Crippen molar-refractivity contribution in [3.8, 4) is 0 Å². The van der Waals surface area contributed by atoms with E-state index >= 15 is 0 Å². The minimum atomic E-state index is -1.40. The van der Waals surface area contributed by atoms with Crippen molar-refractivity contribution in [3.05, 3.63) is 17.5 Å². The van der Waals surface area contributed by atoms with E-state index in [4.69, 9.17) is 0 Å². The van der Waals surface area contributed by atoms with E-state index in [0.29, 0.717) is 18.7 Å². The van der Waals surface area contributed by atoms with Crippen molar-refractivity contribution in [2.24, 2.45) is 0 Å². The Hall–Kier alpha value is -1.47. The molecule has 0 spiro atoms. The molecule has 6 nitrogen and oxygen atoms in total. The fourth-order valence-corrected chi connectivity index (χ4v) is 3.12. The summed E-state index contributed by atoms with van der Waals surface area (Å²) < 4.78 is 14.3. The smallest absolute Gasteiger partial charge is 0.257 e. The summed E-state index contributed by atoms with van der Waals surface area (Å²) in [6.07, 6.45) is 2.56. The maximum Gasteiger partial charge on any atom is 0.257 e. The molecule has 116 valence electrons. The molecule has 1 amide bonds. The van der Waals surface area contributed by atoms with Gasteiger partial charge in [-0.1, -0.05) is 0 Å². The second-order valence-corrected chi connectivity index (χ2v) is 6.20. The normalized spacial score (nSPS) is 30.4. The number of hydrogen-bond acceptors (Lipinski definition) is 4. The van der Waals surface area contributed by atoms with Crippen LogP contribution in [0.15, 0.2) is 6.20 Å². The van der Waals surface area contributed by atoms with E-state index in [9.17, 15) is 9.18 Å². The Balaban J connectivity index is 1.80. The molecular formula is C14H22FN5O. The van der Waals surface area contributed by atoms with E-state index in [2.05, 4.69) is 20.8 Å². The van der Waals surface area contributed by atoms with Gasteiger partial charge in [-0.05, 0) is 19.9 Å². The molecule has 2 aliphatic heterocycles. The van der Waals surface area contributed by atoms with Gasteiger partial charge in [-0.25, -0.2) is 4.39 Å². The second-order valence-electron chi connectivity index (χ2n) is 6.20. The van der Waals surface area contributed by atoms with Crippen molar-refractivity contribution in [3.63, 3.8) is 0 Å². The fourth-order valence-electron chi connectivity index (χ4n) is 3.12. The molecule has 0 bridgehead atoms. The molecule has 3 heterocycles. The zero-order chi connectivity index (χ0) is 14.9. The van der Waals surface area contributed by atoms with Gasteiger partial charge in [-0.3, -0.25) is 9.89 Å².